The van der Waals surface area contributed by atoms with Gasteiger partial charge in [0.15, 0.2) is 0 Å². The molecule has 2 aromatic carbocycles. The predicted octanol–water partition coefficient (Wildman–Crippen LogP) is 1.68. The molecule has 0 spiro atoms. The zero-order chi connectivity index (χ0) is 19.9. The number of rotatable bonds is 7. The summed E-state index contributed by atoms with van der Waals surface area (Å²) in [7, 11) is 3.42. The highest BCUT2D eigenvalue weighted by molar-refractivity contribution is 5.97. The highest BCUT2D eigenvalue weighted by Gasteiger charge is 2.11. The lowest BCUT2D eigenvalue weighted by Crippen LogP contribution is -2.38. The first-order valence-electron chi connectivity index (χ1n) is 9.15. The van der Waals surface area contributed by atoms with Crippen molar-refractivity contribution in [2.75, 3.05) is 27.2 Å². The van der Waals surface area contributed by atoms with Crippen LogP contribution in [0.4, 0.5) is 4.79 Å². The Kier molecular flexibility index (Phi) is 6.21. The molecule has 146 valence electrons. The second-order valence-electron chi connectivity index (χ2n) is 6.63. The quantitative estimate of drug-likeness (QED) is 0.652. The third-order valence-electron chi connectivity index (χ3n) is 4.32. The molecule has 3 rings (SSSR count). The zero-order valence-electron chi connectivity index (χ0n) is 16.1. The molecule has 0 saturated heterocycles. The lowest BCUT2D eigenvalue weighted by Gasteiger charge is -2.10. The monoisotopic (exact) mass is 380 g/mol. The van der Waals surface area contributed by atoms with Gasteiger partial charge in [-0.2, -0.15) is 0 Å². The average Bonchev–Trinajstić information content (AvgIpc) is 3.10. The van der Waals surface area contributed by atoms with E-state index >= 15 is 0 Å². The van der Waals surface area contributed by atoms with E-state index in [1.54, 1.807) is 30.9 Å². The molecule has 0 atom stereocenters. The molecule has 28 heavy (non-hydrogen) atoms. The number of hydrogen-bond acceptors (Lipinski definition) is 4. The largest absolute Gasteiger partial charge is 0.345 e. The molecule has 8 nitrogen and oxygen atoms in total. The Morgan fingerprint density at radius 3 is 2.54 bits per heavy atom. The number of carbonyl (C=O) groups is 2. The molecule has 0 bridgehead atoms. The fraction of sp³-hybridized carbons (Fsp3) is 0.300. The van der Waals surface area contributed by atoms with E-state index in [1.807, 2.05) is 36.4 Å². The molecule has 0 aliphatic rings. The molecular formula is C20H24N6O2. The van der Waals surface area contributed by atoms with E-state index in [2.05, 4.69) is 20.9 Å². The summed E-state index contributed by atoms with van der Waals surface area (Å²) in [4.78, 5) is 25.5. The molecule has 0 aliphatic heterocycles. The number of amides is 3. The molecule has 0 fully saturated rings. The molecule has 3 amide bonds. The highest BCUT2D eigenvalue weighted by Crippen LogP contribution is 2.14. The van der Waals surface area contributed by atoms with Gasteiger partial charge >= 0.3 is 6.03 Å². The maximum Gasteiger partial charge on any atom is 0.314 e. The minimum Gasteiger partial charge on any atom is -0.345 e. The maximum atomic E-state index is 12.0. The number of nitrogens with zero attached hydrogens (tertiary/aromatic N) is 4. The lowest BCUT2D eigenvalue weighted by atomic mass is 10.1. The van der Waals surface area contributed by atoms with Gasteiger partial charge in [-0.15, -0.1) is 5.10 Å². The number of hydrogen-bond donors (Lipinski definition) is 2. The third-order valence-corrected chi connectivity index (χ3v) is 4.32. The topological polar surface area (TPSA) is 92.2 Å². The fourth-order valence-electron chi connectivity index (χ4n) is 2.83. The van der Waals surface area contributed by atoms with Gasteiger partial charge in [-0.3, -0.25) is 4.79 Å². The van der Waals surface area contributed by atoms with Crippen molar-refractivity contribution in [1.29, 1.82) is 0 Å². The average molecular weight is 380 g/mol. The van der Waals surface area contributed by atoms with Gasteiger partial charge in [-0.1, -0.05) is 35.5 Å². The summed E-state index contributed by atoms with van der Waals surface area (Å²) in [6.45, 7) is 1.49. The Morgan fingerprint density at radius 2 is 1.79 bits per heavy atom. The van der Waals surface area contributed by atoms with E-state index in [0.717, 1.165) is 11.9 Å². The zero-order valence-corrected chi connectivity index (χ0v) is 16.1. The van der Waals surface area contributed by atoms with E-state index in [-0.39, 0.29) is 11.9 Å². The molecule has 1 aromatic heterocycles. The van der Waals surface area contributed by atoms with Crippen LogP contribution in [0.2, 0.25) is 0 Å². The number of carbonyl (C=O) groups excluding carboxylic acids is 2. The molecule has 1 heterocycles. The van der Waals surface area contributed by atoms with Crippen LogP contribution in [-0.2, 0) is 13.0 Å². The van der Waals surface area contributed by atoms with Gasteiger partial charge in [0, 0.05) is 32.7 Å². The van der Waals surface area contributed by atoms with E-state index in [1.165, 1.54) is 10.5 Å². The Balaban J connectivity index is 1.47. The number of fused-ring (bicyclic) bond motifs is 1. The fourth-order valence-corrected chi connectivity index (χ4v) is 2.83. The van der Waals surface area contributed by atoms with Crippen molar-refractivity contribution >= 4 is 23.0 Å². The predicted molar refractivity (Wildman–Crippen MR) is 107 cm³/mol. The molecule has 0 aliphatic carbocycles. The van der Waals surface area contributed by atoms with Crippen LogP contribution in [0.25, 0.3) is 11.0 Å². The van der Waals surface area contributed by atoms with Crippen molar-refractivity contribution in [2.24, 2.45) is 0 Å². The van der Waals surface area contributed by atoms with Crippen LogP contribution in [-0.4, -0.2) is 59.0 Å². The molecule has 0 saturated carbocycles. The summed E-state index contributed by atoms with van der Waals surface area (Å²) in [5.41, 5.74) is 3.23. The molecule has 3 aromatic rings. The summed E-state index contributed by atoms with van der Waals surface area (Å²) in [6, 6.07) is 15.1. The number of benzene rings is 2. The summed E-state index contributed by atoms with van der Waals surface area (Å²) >= 11 is 0. The number of nitrogens with one attached hydrogen (secondary N) is 2. The van der Waals surface area contributed by atoms with Crippen LogP contribution in [0.5, 0.6) is 0 Å². The van der Waals surface area contributed by atoms with E-state index < -0.39 is 0 Å². The summed E-state index contributed by atoms with van der Waals surface area (Å²) in [5.74, 6) is -0.0784. The van der Waals surface area contributed by atoms with Crippen LogP contribution < -0.4 is 10.6 Å². The van der Waals surface area contributed by atoms with Gasteiger partial charge in [0.05, 0.1) is 12.1 Å². The standard InChI is InChI=1S/C20H24N6O2/c1-25(2)19(27)16-8-9-18-17(14-16)23-24-26(18)13-12-22-20(28)21-11-10-15-6-4-3-5-7-15/h3-9,14H,10-13H2,1-2H3,(H2,21,22,28). The first-order valence-corrected chi connectivity index (χ1v) is 9.15. The molecule has 0 unspecified atom stereocenters. The van der Waals surface area contributed by atoms with Crippen LogP contribution >= 0.6 is 0 Å². The smallest absolute Gasteiger partial charge is 0.314 e. The third kappa shape index (κ3) is 4.85. The molecule has 2 N–H and O–H groups in total. The second-order valence-corrected chi connectivity index (χ2v) is 6.63. The van der Waals surface area contributed by atoms with Crippen molar-refractivity contribution < 1.29 is 9.59 Å². The van der Waals surface area contributed by atoms with Crippen molar-refractivity contribution in [3.05, 3.63) is 59.7 Å². The maximum absolute atomic E-state index is 12.0. The Morgan fingerprint density at radius 1 is 1.04 bits per heavy atom. The van der Waals surface area contributed by atoms with Crippen LogP contribution in [0.1, 0.15) is 15.9 Å². The van der Waals surface area contributed by atoms with Gasteiger partial charge in [0.25, 0.3) is 5.91 Å². The summed E-state index contributed by atoms with van der Waals surface area (Å²) in [5, 5.41) is 13.9. The van der Waals surface area contributed by atoms with Gasteiger partial charge in [-0.05, 0) is 30.2 Å². The second kappa shape index (κ2) is 8.98. The van der Waals surface area contributed by atoms with Crippen molar-refractivity contribution in [2.45, 2.75) is 13.0 Å². The molecule has 8 heteroatoms. The van der Waals surface area contributed by atoms with E-state index in [9.17, 15) is 9.59 Å². The van der Waals surface area contributed by atoms with Gasteiger partial charge in [-0.25, -0.2) is 9.48 Å². The number of aromatic nitrogens is 3. The summed E-state index contributed by atoms with van der Waals surface area (Å²) < 4.78 is 1.71. The van der Waals surface area contributed by atoms with Crippen LogP contribution in [0.15, 0.2) is 48.5 Å². The first kappa shape index (κ1) is 19.3. The van der Waals surface area contributed by atoms with Gasteiger partial charge in [0.2, 0.25) is 0 Å². The Bertz CT molecular complexity index is 952. The minimum atomic E-state index is -0.209. The van der Waals surface area contributed by atoms with Gasteiger partial charge < -0.3 is 15.5 Å². The molecular weight excluding hydrogens is 356 g/mol. The lowest BCUT2D eigenvalue weighted by molar-refractivity contribution is 0.0827. The minimum absolute atomic E-state index is 0.0784. The molecule has 0 radical (unpaired) electrons. The Hall–Kier alpha value is -3.42. The highest BCUT2D eigenvalue weighted by atomic mass is 16.2. The van der Waals surface area contributed by atoms with E-state index in [4.69, 9.17) is 0 Å². The summed E-state index contributed by atoms with van der Waals surface area (Å²) in [6.07, 6.45) is 0.788. The van der Waals surface area contributed by atoms with Gasteiger partial charge in [0.1, 0.15) is 5.52 Å². The number of urea groups is 1. The van der Waals surface area contributed by atoms with Crippen LogP contribution in [0, 0.1) is 0 Å². The first-order chi connectivity index (χ1) is 13.5. The SMILES string of the molecule is CN(C)C(=O)c1ccc2c(c1)nnn2CCNC(=O)NCCc1ccccc1. The van der Waals surface area contributed by atoms with Crippen molar-refractivity contribution in [3.63, 3.8) is 0 Å². The van der Waals surface area contributed by atoms with Crippen LogP contribution in [0.3, 0.4) is 0 Å². The van der Waals surface area contributed by atoms with E-state index in [0.29, 0.717) is 30.7 Å². The Labute approximate surface area is 163 Å². The normalized spacial score (nSPS) is 10.6. The van der Waals surface area contributed by atoms with Crippen molar-refractivity contribution in [3.8, 4) is 0 Å². The van der Waals surface area contributed by atoms with Crippen molar-refractivity contribution in [1.82, 2.24) is 30.5 Å².